The molecule has 2 amide bonds. The van der Waals surface area contributed by atoms with Gasteiger partial charge in [-0.05, 0) is 44.5 Å². The van der Waals surface area contributed by atoms with E-state index in [1.165, 1.54) is 13.2 Å². The molecule has 0 spiro atoms. The van der Waals surface area contributed by atoms with Crippen molar-refractivity contribution in [2.45, 2.75) is 20.3 Å². The van der Waals surface area contributed by atoms with E-state index in [2.05, 4.69) is 15.4 Å². The molecule has 0 saturated carbocycles. The van der Waals surface area contributed by atoms with Crippen molar-refractivity contribution in [3.63, 3.8) is 0 Å². The maximum atomic E-state index is 12.1. The first kappa shape index (κ1) is 20.4. The molecule has 0 bridgehead atoms. The lowest BCUT2D eigenvalue weighted by Gasteiger charge is -2.07. The van der Waals surface area contributed by atoms with E-state index in [4.69, 9.17) is 4.74 Å². The molecule has 0 saturated heterocycles. The van der Waals surface area contributed by atoms with Crippen LogP contribution in [-0.4, -0.2) is 44.7 Å². The van der Waals surface area contributed by atoms with E-state index in [0.717, 1.165) is 0 Å². The van der Waals surface area contributed by atoms with Crippen LogP contribution in [0.25, 0.3) is 0 Å². The van der Waals surface area contributed by atoms with E-state index >= 15 is 0 Å². The second-order valence-electron chi connectivity index (χ2n) is 5.19. The number of nitrogens with one attached hydrogen (secondary N) is 2. The lowest BCUT2D eigenvalue weighted by Crippen LogP contribution is -2.24. The second kappa shape index (κ2) is 11.0. The summed E-state index contributed by atoms with van der Waals surface area (Å²) >= 11 is 0. The SMILES string of the molecule is CCOCCCNC(=O)/C=C(\C)C(=O)Nc1ccc(C(=O)OC)cc1. The van der Waals surface area contributed by atoms with Crippen LogP contribution in [0.1, 0.15) is 30.6 Å². The van der Waals surface area contributed by atoms with E-state index in [1.54, 1.807) is 31.2 Å². The highest BCUT2D eigenvalue weighted by Gasteiger charge is 2.09. The van der Waals surface area contributed by atoms with Crippen molar-refractivity contribution in [1.29, 1.82) is 0 Å². The molecule has 0 atom stereocenters. The fraction of sp³-hybridized carbons (Fsp3) is 0.389. The fourth-order valence-corrected chi connectivity index (χ4v) is 1.88. The summed E-state index contributed by atoms with van der Waals surface area (Å²) in [6.45, 7) is 5.18. The number of hydrogen-bond donors (Lipinski definition) is 2. The average Bonchev–Trinajstić information content (AvgIpc) is 2.61. The van der Waals surface area contributed by atoms with E-state index < -0.39 is 11.9 Å². The molecule has 0 aromatic heterocycles. The summed E-state index contributed by atoms with van der Waals surface area (Å²) in [7, 11) is 1.30. The Balaban J connectivity index is 2.49. The number of carbonyl (C=O) groups excluding carboxylic acids is 3. The Morgan fingerprint density at radius 3 is 2.44 bits per heavy atom. The van der Waals surface area contributed by atoms with E-state index in [1.807, 2.05) is 6.92 Å². The Bertz CT molecular complexity index is 623. The molecule has 0 fully saturated rings. The van der Waals surface area contributed by atoms with Gasteiger partial charge in [0.15, 0.2) is 0 Å². The maximum Gasteiger partial charge on any atom is 0.337 e. The number of anilines is 1. The number of hydrogen-bond acceptors (Lipinski definition) is 5. The Hall–Kier alpha value is -2.67. The summed E-state index contributed by atoms with van der Waals surface area (Å²) in [5, 5.41) is 5.35. The molecular weight excluding hydrogens is 324 g/mol. The molecule has 2 N–H and O–H groups in total. The highest BCUT2D eigenvalue weighted by molar-refractivity contribution is 6.07. The van der Waals surface area contributed by atoms with Gasteiger partial charge < -0.3 is 20.1 Å². The van der Waals surface area contributed by atoms with Crippen LogP contribution in [0.4, 0.5) is 5.69 Å². The van der Waals surface area contributed by atoms with Crippen molar-refractivity contribution < 1.29 is 23.9 Å². The Kier molecular flexibility index (Phi) is 8.95. The molecule has 0 radical (unpaired) electrons. The molecule has 0 heterocycles. The summed E-state index contributed by atoms with van der Waals surface area (Å²) < 4.78 is 9.78. The lowest BCUT2D eigenvalue weighted by atomic mass is 10.2. The molecule has 1 aromatic rings. The summed E-state index contributed by atoms with van der Waals surface area (Å²) in [5.74, 6) is -1.17. The minimum absolute atomic E-state index is 0.277. The van der Waals surface area contributed by atoms with Crippen molar-refractivity contribution >= 4 is 23.5 Å². The first-order valence-corrected chi connectivity index (χ1v) is 8.01. The number of esters is 1. The lowest BCUT2D eigenvalue weighted by molar-refractivity contribution is -0.117. The maximum absolute atomic E-state index is 12.1. The molecule has 0 aliphatic heterocycles. The van der Waals surface area contributed by atoms with Gasteiger partial charge in [0.05, 0.1) is 12.7 Å². The third-order valence-corrected chi connectivity index (χ3v) is 3.24. The topological polar surface area (TPSA) is 93.7 Å². The normalized spacial score (nSPS) is 10.9. The highest BCUT2D eigenvalue weighted by atomic mass is 16.5. The number of amides is 2. The zero-order valence-electron chi connectivity index (χ0n) is 14.8. The molecular formula is C18H24N2O5. The minimum Gasteiger partial charge on any atom is -0.465 e. The predicted molar refractivity (Wildman–Crippen MR) is 94.3 cm³/mol. The first-order valence-electron chi connectivity index (χ1n) is 8.01. The van der Waals surface area contributed by atoms with Crippen LogP contribution in [0.5, 0.6) is 0 Å². The van der Waals surface area contributed by atoms with Crippen LogP contribution >= 0.6 is 0 Å². The fourth-order valence-electron chi connectivity index (χ4n) is 1.88. The standard InChI is InChI=1S/C18H24N2O5/c1-4-25-11-5-10-19-16(21)12-13(2)17(22)20-15-8-6-14(7-9-15)18(23)24-3/h6-9,12H,4-5,10-11H2,1-3H3,(H,19,21)(H,20,22)/b13-12+. The van der Waals surface area contributed by atoms with Gasteiger partial charge in [0, 0.05) is 37.1 Å². The van der Waals surface area contributed by atoms with Gasteiger partial charge in [-0.3, -0.25) is 9.59 Å². The van der Waals surface area contributed by atoms with Gasteiger partial charge in [-0.25, -0.2) is 4.79 Å². The third-order valence-electron chi connectivity index (χ3n) is 3.24. The zero-order chi connectivity index (χ0) is 18.7. The van der Waals surface area contributed by atoms with Crippen LogP contribution < -0.4 is 10.6 Å². The number of ether oxygens (including phenoxy) is 2. The van der Waals surface area contributed by atoms with E-state index in [0.29, 0.717) is 37.4 Å². The molecule has 1 aromatic carbocycles. The number of carbonyl (C=O) groups is 3. The van der Waals surface area contributed by atoms with Crippen LogP contribution in [0.3, 0.4) is 0 Å². The molecule has 0 unspecified atom stereocenters. The monoisotopic (exact) mass is 348 g/mol. The third kappa shape index (κ3) is 7.63. The minimum atomic E-state index is -0.449. The van der Waals surface area contributed by atoms with Gasteiger partial charge in [-0.15, -0.1) is 0 Å². The largest absolute Gasteiger partial charge is 0.465 e. The molecule has 0 aliphatic rings. The zero-order valence-corrected chi connectivity index (χ0v) is 14.8. The van der Waals surface area contributed by atoms with Crippen molar-refractivity contribution in [3.8, 4) is 0 Å². The van der Waals surface area contributed by atoms with Crippen LogP contribution in [0.2, 0.25) is 0 Å². The predicted octanol–water partition coefficient (Wildman–Crippen LogP) is 1.90. The first-order chi connectivity index (χ1) is 12.0. The molecule has 25 heavy (non-hydrogen) atoms. The molecule has 7 nitrogen and oxygen atoms in total. The van der Waals surface area contributed by atoms with Crippen LogP contribution in [0.15, 0.2) is 35.9 Å². The van der Waals surface area contributed by atoms with Gasteiger partial charge in [0.25, 0.3) is 5.91 Å². The summed E-state index contributed by atoms with van der Waals surface area (Å²) in [5.41, 5.74) is 1.18. The van der Waals surface area contributed by atoms with Gasteiger partial charge in [-0.1, -0.05) is 0 Å². The van der Waals surface area contributed by atoms with Gasteiger partial charge in [-0.2, -0.15) is 0 Å². The Morgan fingerprint density at radius 1 is 1.16 bits per heavy atom. The Labute approximate surface area is 147 Å². The molecule has 1 rings (SSSR count). The smallest absolute Gasteiger partial charge is 0.337 e. The van der Waals surface area contributed by atoms with Gasteiger partial charge in [0.2, 0.25) is 5.91 Å². The van der Waals surface area contributed by atoms with E-state index in [-0.39, 0.29) is 11.5 Å². The summed E-state index contributed by atoms with van der Waals surface area (Å²) in [6.07, 6.45) is 1.96. The van der Waals surface area contributed by atoms with Gasteiger partial charge >= 0.3 is 5.97 Å². The quantitative estimate of drug-likeness (QED) is 0.404. The van der Waals surface area contributed by atoms with Crippen LogP contribution in [0, 0.1) is 0 Å². The summed E-state index contributed by atoms with van der Waals surface area (Å²) in [4.78, 5) is 35.2. The van der Waals surface area contributed by atoms with Crippen molar-refractivity contribution in [1.82, 2.24) is 5.32 Å². The Morgan fingerprint density at radius 2 is 1.84 bits per heavy atom. The number of rotatable bonds is 9. The second-order valence-corrected chi connectivity index (χ2v) is 5.19. The molecule has 0 aliphatic carbocycles. The van der Waals surface area contributed by atoms with Crippen molar-refractivity contribution in [2.24, 2.45) is 0 Å². The highest BCUT2D eigenvalue weighted by Crippen LogP contribution is 2.11. The van der Waals surface area contributed by atoms with Crippen molar-refractivity contribution in [2.75, 3.05) is 32.2 Å². The van der Waals surface area contributed by atoms with Gasteiger partial charge in [0.1, 0.15) is 0 Å². The van der Waals surface area contributed by atoms with Crippen molar-refractivity contribution in [3.05, 3.63) is 41.5 Å². The summed E-state index contributed by atoms with van der Waals surface area (Å²) in [6, 6.07) is 6.27. The average molecular weight is 348 g/mol. The van der Waals surface area contributed by atoms with Crippen LogP contribution in [-0.2, 0) is 19.1 Å². The number of methoxy groups -OCH3 is 1. The molecule has 7 heteroatoms. The number of benzene rings is 1. The van der Waals surface area contributed by atoms with E-state index in [9.17, 15) is 14.4 Å². The molecule has 136 valence electrons.